The molecule has 0 fully saturated rings. The van der Waals surface area contributed by atoms with Gasteiger partial charge in [0.05, 0.1) is 30.1 Å². The Morgan fingerprint density at radius 1 is 1.26 bits per heavy atom. The number of hydrogen-bond acceptors (Lipinski definition) is 6. The fourth-order valence-electron chi connectivity index (χ4n) is 3.95. The number of rotatable bonds is 2. The number of aliphatic hydroxyl groups excluding tert-OH is 1. The molecule has 2 aliphatic rings. The fourth-order valence-corrected chi connectivity index (χ4v) is 3.95. The van der Waals surface area contributed by atoms with Gasteiger partial charge < -0.3 is 19.1 Å². The monoisotopic (exact) mass is 364 g/mol. The maximum atomic E-state index is 12.8. The van der Waals surface area contributed by atoms with Crippen LogP contribution in [-0.2, 0) is 13.2 Å². The molecule has 136 valence electrons. The van der Waals surface area contributed by atoms with Crippen LogP contribution in [-0.4, -0.2) is 27.2 Å². The van der Waals surface area contributed by atoms with Crippen molar-refractivity contribution in [2.75, 3.05) is 6.79 Å². The van der Waals surface area contributed by atoms with Crippen LogP contribution in [0.1, 0.15) is 34.0 Å². The summed E-state index contributed by atoms with van der Waals surface area (Å²) < 4.78 is 12.5. The van der Waals surface area contributed by atoms with E-state index in [0.29, 0.717) is 51.6 Å². The zero-order chi connectivity index (χ0) is 18.9. The number of fused-ring (bicyclic) bond motifs is 5. The maximum Gasteiger partial charge on any atom is 0.255 e. The molecule has 0 saturated heterocycles. The first-order valence-corrected chi connectivity index (χ1v) is 8.61. The number of pyridine rings is 2. The maximum absolute atomic E-state index is 12.8. The van der Waals surface area contributed by atoms with Gasteiger partial charge in [-0.15, -0.1) is 0 Å². The van der Waals surface area contributed by atoms with Crippen molar-refractivity contribution >= 4 is 16.7 Å². The highest BCUT2D eigenvalue weighted by molar-refractivity contribution is 5.97. The summed E-state index contributed by atoms with van der Waals surface area (Å²) in [6.07, 6.45) is 0. The smallest absolute Gasteiger partial charge is 0.255 e. The van der Waals surface area contributed by atoms with Crippen molar-refractivity contribution in [1.82, 2.24) is 9.55 Å². The third-order valence-corrected chi connectivity index (χ3v) is 5.34. The van der Waals surface area contributed by atoms with Gasteiger partial charge in [0.25, 0.3) is 5.56 Å². The van der Waals surface area contributed by atoms with E-state index in [1.807, 2.05) is 6.07 Å². The molecule has 0 unspecified atom stereocenters. The van der Waals surface area contributed by atoms with E-state index in [-0.39, 0.29) is 24.7 Å². The minimum atomic E-state index is -0.210. The van der Waals surface area contributed by atoms with Crippen molar-refractivity contribution in [3.05, 3.63) is 50.8 Å². The molecular formula is C20H16N2O5. The van der Waals surface area contributed by atoms with Gasteiger partial charge in [0.1, 0.15) is 0 Å². The van der Waals surface area contributed by atoms with E-state index in [0.717, 1.165) is 10.9 Å². The molecule has 0 bridgehead atoms. The Morgan fingerprint density at radius 2 is 2.00 bits per heavy atom. The van der Waals surface area contributed by atoms with E-state index >= 15 is 0 Å². The van der Waals surface area contributed by atoms with Crippen LogP contribution in [0.3, 0.4) is 0 Å². The minimum Gasteiger partial charge on any atom is -0.454 e. The van der Waals surface area contributed by atoms with Crippen LogP contribution in [0.4, 0.5) is 0 Å². The lowest BCUT2D eigenvalue weighted by atomic mass is 10.00. The molecule has 27 heavy (non-hydrogen) atoms. The number of nitrogens with zero attached hydrogens (tertiary/aromatic N) is 2. The van der Waals surface area contributed by atoms with E-state index in [4.69, 9.17) is 14.5 Å². The Morgan fingerprint density at radius 3 is 2.70 bits per heavy atom. The molecule has 0 aliphatic carbocycles. The quantitative estimate of drug-likeness (QED) is 0.548. The van der Waals surface area contributed by atoms with E-state index < -0.39 is 0 Å². The normalized spacial score (nSPS) is 13.7. The Kier molecular flexibility index (Phi) is 3.21. The van der Waals surface area contributed by atoms with Gasteiger partial charge in [-0.25, -0.2) is 4.98 Å². The van der Waals surface area contributed by atoms with Crippen molar-refractivity contribution in [3.8, 4) is 22.9 Å². The Hall–Kier alpha value is -3.19. The van der Waals surface area contributed by atoms with Gasteiger partial charge in [-0.2, -0.15) is 0 Å². The summed E-state index contributed by atoms with van der Waals surface area (Å²) in [4.78, 5) is 29.5. The fraction of sp³-hybridized carbons (Fsp3) is 0.250. The first kappa shape index (κ1) is 16.0. The number of benzene rings is 1. The number of aromatic nitrogens is 2. The number of hydrogen-bond donors (Lipinski definition) is 1. The van der Waals surface area contributed by atoms with Gasteiger partial charge in [0.15, 0.2) is 17.3 Å². The third kappa shape index (κ3) is 2.09. The number of ether oxygens (including phenoxy) is 2. The predicted molar refractivity (Wildman–Crippen MR) is 97.3 cm³/mol. The lowest BCUT2D eigenvalue weighted by Gasteiger charge is -2.10. The summed E-state index contributed by atoms with van der Waals surface area (Å²) in [5, 5.41) is 10.8. The zero-order valence-electron chi connectivity index (χ0n) is 14.8. The van der Waals surface area contributed by atoms with Crippen molar-refractivity contribution in [2.24, 2.45) is 0 Å². The van der Waals surface area contributed by atoms with Crippen LogP contribution in [0.15, 0.2) is 23.0 Å². The summed E-state index contributed by atoms with van der Waals surface area (Å²) >= 11 is 0. The number of ketones is 1. The number of carbonyl (C=O) groups excluding carboxylic acids is 1. The Bertz CT molecular complexity index is 1230. The first-order chi connectivity index (χ1) is 13.0. The molecule has 0 spiro atoms. The second-order valence-corrected chi connectivity index (χ2v) is 6.81. The molecule has 7 nitrogen and oxygen atoms in total. The van der Waals surface area contributed by atoms with Gasteiger partial charge in [-0.3, -0.25) is 9.59 Å². The summed E-state index contributed by atoms with van der Waals surface area (Å²) in [5.41, 5.74) is 3.97. The topological polar surface area (TPSA) is 90.7 Å². The largest absolute Gasteiger partial charge is 0.454 e. The highest BCUT2D eigenvalue weighted by atomic mass is 16.7. The van der Waals surface area contributed by atoms with Crippen molar-refractivity contribution in [3.63, 3.8) is 0 Å². The molecule has 3 aromatic rings. The van der Waals surface area contributed by atoms with Crippen molar-refractivity contribution < 1.29 is 19.4 Å². The van der Waals surface area contributed by atoms with Gasteiger partial charge in [-0.05, 0) is 31.5 Å². The van der Waals surface area contributed by atoms with Gasteiger partial charge >= 0.3 is 0 Å². The van der Waals surface area contributed by atoms with Crippen LogP contribution in [0.5, 0.6) is 11.5 Å². The second kappa shape index (κ2) is 5.40. The van der Waals surface area contributed by atoms with E-state index in [2.05, 4.69) is 0 Å². The molecule has 0 radical (unpaired) electrons. The molecule has 0 atom stereocenters. The summed E-state index contributed by atoms with van der Waals surface area (Å²) in [6, 6.07) is 5.31. The summed E-state index contributed by atoms with van der Waals surface area (Å²) in [7, 11) is 0. The number of Topliss-reactive ketones (excluding diaryl/α,β-unsaturated/α-hetero) is 1. The van der Waals surface area contributed by atoms with Gasteiger partial charge in [0.2, 0.25) is 6.79 Å². The summed E-state index contributed by atoms with van der Waals surface area (Å²) in [6.45, 7) is 3.38. The Labute approximate surface area is 153 Å². The highest BCUT2D eigenvalue weighted by Crippen LogP contribution is 2.41. The molecule has 0 saturated carbocycles. The lowest BCUT2D eigenvalue weighted by Crippen LogP contribution is -2.24. The van der Waals surface area contributed by atoms with Gasteiger partial charge in [-0.1, -0.05) is 0 Å². The Balaban J connectivity index is 1.85. The van der Waals surface area contributed by atoms with Crippen LogP contribution >= 0.6 is 0 Å². The van der Waals surface area contributed by atoms with Crippen molar-refractivity contribution in [2.45, 2.75) is 27.0 Å². The van der Waals surface area contributed by atoms with E-state index in [1.54, 1.807) is 23.6 Å². The van der Waals surface area contributed by atoms with E-state index in [9.17, 15) is 14.7 Å². The average molecular weight is 364 g/mol. The second-order valence-electron chi connectivity index (χ2n) is 6.81. The SMILES string of the molecule is CC(=O)c1cc2n(c(=O)c1C)Cc1c-2nc2cc3c(cc2c1CO)OCO3. The molecule has 1 aromatic carbocycles. The molecule has 2 aromatic heterocycles. The standard InChI is InChI=1S/C20H16N2O5/c1-9-11(10(2)24)3-16-19-13(6-22(16)20(9)25)14(7-23)12-4-17-18(27-8-26-17)5-15(12)21-19/h3-5,23H,6-8H2,1-2H3. The van der Waals surface area contributed by atoms with Gasteiger partial charge in [0, 0.05) is 28.1 Å². The zero-order valence-corrected chi connectivity index (χ0v) is 14.8. The minimum absolute atomic E-state index is 0.152. The lowest BCUT2D eigenvalue weighted by molar-refractivity contribution is 0.101. The van der Waals surface area contributed by atoms with Crippen LogP contribution in [0, 0.1) is 6.92 Å². The predicted octanol–water partition coefficient (Wildman–Crippen LogP) is 2.16. The first-order valence-electron chi connectivity index (χ1n) is 8.61. The molecule has 7 heteroatoms. The van der Waals surface area contributed by atoms with Crippen molar-refractivity contribution in [1.29, 1.82) is 0 Å². The molecule has 1 N–H and O–H groups in total. The molecule has 5 rings (SSSR count). The third-order valence-electron chi connectivity index (χ3n) is 5.34. The molecule has 4 heterocycles. The molecular weight excluding hydrogens is 348 g/mol. The van der Waals surface area contributed by atoms with Crippen LogP contribution in [0.25, 0.3) is 22.3 Å². The average Bonchev–Trinajstić information content (AvgIpc) is 3.24. The molecule has 0 amide bonds. The number of carbonyl (C=O) groups is 1. The summed E-state index contributed by atoms with van der Waals surface area (Å²) in [5.74, 6) is 1.05. The van der Waals surface area contributed by atoms with Crippen LogP contribution in [0.2, 0.25) is 0 Å². The van der Waals surface area contributed by atoms with E-state index in [1.165, 1.54) is 6.92 Å². The number of aliphatic hydroxyl groups is 1. The van der Waals surface area contributed by atoms with Crippen LogP contribution < -0.4 is 15.0 Å². The highest BCUT2D eigenvalue weighted by Gasteiger charge is 2.28. The molecule has 2 aliphatic heterocycles.